The monoisotopic (exact) mass is 329 g/mol. The molecule has 1 aromatic rings. The van der Waals surface area contributed by atoms with Crippen molar-refractivity contribution in [1.29, 1.82) is 0 Å². The molecule has 0 amide bonds. The van der Waals surface area contributed by atoms with Gasteiger partial charge in [-0.15, -0.1) is 0 Å². The van der Waals surface area contributed by atoms with Gasteiger partial charge in [-0.1, -0.05) is 0 Å². The number of benzene rings is 1. The molecule has 0 radical (unpaired) electrons. The molecule has 1 aromatic carbocycles. The Morgan fingerprint density at radius 1 is 1.42 bits per heavy atom. The lowest BCUT2D eigenvalue weighted by atomic mass is 10.2. The van der Waals surface area contributed by atoms with Crippen molar-refractivity contribution in [3.8, 4) is 11.5 Å². The molecule has 0 saturated carbocycles. The summed E-state index contributed by atoms with van der Waals surface area (Å²) >= 11 is 3.48. The fraction of sp³-hybridized carbons (Fsp3) is 0.462. The molecule has 0 fully saturated rings. The summed E-state index contributed by atoms with van der Waals surface area (Å²) in [5, 5.41) is 3.01. The molecule has 0 saturated heterocycles. The third-order valence-corrected chi connectivity index (χ3v) is 3.28. The largest absolute Gasteiger partial charge is 0.490 e. The average molecular weight is 330 g/mol. The summed E-state index contributed by atoms with van der Waals surface area (Å²) in [6, 6.07) is 3.88. The van der Waals surface area contributed by atoms with Crippen molar-refractivity contribution in [2.45, 2.75) is 13.0 Å². The summed E-state index contributed by atoms with van der Waals surface area (Å²) in [7, 11) is 1.37. The summed E-state index contributed by atoms with van der Waals surface area (Å²) < 4.78 is 16.7. The molecule has 104 valence electrons. The molecular weight excluding hydrogens is 314 g/mol. The van der Waals surface area contributed by atoms with Gasteiger partial charge in [0.25, 0.3) is 0 Å². The topological polar surface area (TPSA) is 56.8 Å². The molecule has 19 heavy (non-hydrogen) atoms. The van der Waals surface area contributed by atoms with E-state index in [0.29, 0.717) is 19.8 Å². The van der Waals surface area contributed by atoms with E-state index in [9.17, 15) is 4.79 Å². The molecule has 1 aliphatic rings. The van der Waals surface area contributed by atoms with Crippen molar-refractivity contribution in [2.24, 2.45) is 0 Å². The fourth-order valence-electron chi connectivity index (χ4n) is 1.77. The van der Waals surface area contributed by atoms with Crippen LogP contribution in [0.15, 0.2) is 16.6 Å². The van der Waals surface area contributed by atoms with Crippen molar-refractivity contribution in [1.82, 2.24) is 5.32 Å². The maximum atomic E-state index is 11.0. The van der Waals surface area contributed by atoms with Gasteiger partial charge in [-0.05, 0) is 33.6 Å². The van der Waals surface area contributed by atoms with Gasteiger partial charge in [0.1, 0.15) is 0 Å². The average Bonchev–Trinajstić information content (AvgIpc) is 2.64. The van der Waals surface area contributed by atoms with Gasteiger partial charge in [0.2, 0.25) is 0 Å². The molecule has 0 aliphatic carbocycles. The van der Waals surface area contributed by atoms with Gasteiger partial charge in [0.05, 0.1) is 31.3 Å². The fourth-order valence-corrected chi connectivity index (χ4v) is 2.37. The predicted molar refractivity (Wildman–Crippen MR) is 73.5 cm³/mol. The maximum absolute atomic E-state index is 11.0. The number of ether oxygens (including phenoxy) is 3. The van der Waals surface area contributed by atoms with Crippen molar-refractivity contribution in [3.05, 3.63) is 22.2 Å². The maximum Gasteiger partial charge on any atom is 0.319 e. The zero-order chi connectivity index (χ0) is 13.7. The van der Waals surface area contributed by atoms with Gasteiger partial charge in [-0.2, -0.15) is 0 Å². The lowest BCUT2D eigenvalue weighted by Gasteiger charge is -2.12. The van der Waals surface area contributed by atoms with Crippen molar-refractivity contribution < 1.29 is 19.0 Å². The van der Waals surface area contributed by atoms with E-state index in [-0.39, 0.29) is 12.5 Å². The second-order valence-electron chi connectivity index (χ2n) is 4.14. The highest BCUT2D eigenvalue weighted by molar-refractivity contribution is 9.10. The Labute approximate surface area is 120 Å². The van der Waals surface area contributed by atoms with Gasteiger partial charge in [0.15, 0.2) is 11.5 Å². The molecular formula is C13H16BrNO4. The normalized spacial score (nSPS) is 13.8. The highest BCUT2D eigenvalue weighted by Gasteiger charge is 2.15. The molecule has 0 unspecified atom stereocenters. The quantitative estimate of drug-likeness (QED) is 0.854. The van der Waals surface area contributed by atoms with Gasteiger partial charge in [-0.25, -0.2) is 0 Å². The Bertz CT molecular complexity index is 464. The van der Waals surface area contributed by atoms with Crippen LogP contribution in [0.25, 0.3) is 0 Å². The number of rotatable bonds is 4. The number of esters is 1. The number of hydrogen-bond acceptors (Lipinski definition) is 5. The van der Waals surface area contributed by atoms with E-state index in [0.717, 1.165) is 28.0 Å². The lowest BCUT2D eigenvalue weighted by Crippen LogP contribution is -2.23. The van der Waals surface area contributed by atoms with Crippen molar-refractivity contribution in [3.63, 3.8) is 0 Å². The molecule has 5 nitrogen and oxygen atoms in total. The van der Waals surface area contributed by atoms with Crippen LogP contribution in [0.2, 0.25) is 0 Å². The third kappa shape index (κ3) is 3.84. The van der Waals surface area contributed by atoms with Crippen LogP contribution in [0.1, 0.15) is 12.0 Å². The van der Waals surface area contributed by atoms with Gasteiger partial charge >= 0.3 is 5.97 Å². The third-order valence-electron chi connectivity index (χ3n) is 2.69. The molecule has 1 heterocycles. The molecule has 0 atom stereocenters. The summed E-state index contributed by atoms with van der Waals surface area (Å²) in [6.07, 6.45) is 0.872. The zero-order valence-corrected chi connectivity index (χ0v) is 12.3. The number of carbonyl (C=O) groups is 1. The van der Waals surface area contributed by atoms with Gasteiger partial charge < -0.3 is 19.5 Å². The molecule has 2 rings (SSSR count). The van der Waals surface area contributed by atoms with Crippen molar-refractivity contribution >= 4 is 21.9 Å². The first kappa shape index (κ1) is 14.1. The Morgan fingerprint density at radius 2 is 2.21 bits per heavy atom. The van der Waals surface area contributed by atoms with E-state index in [4.69, 9.17) is 9.47 Å². The molecule has 0 bridgehead atoms. The van der Waals surface area contributed by atoms with E-state index in [1.807, 2.05) is 12.1 Å². The standard InChI is InChI=1S/C13H16BrNO4/c1-17-12(16)8-15-7-9-5-10(14)13-11(6-9)18-3-2-4-19-13/h5-6,15H,2-4,7-8H2,1H3. The van der Waals surface area contributed by atoms with Gasteiger partial charge in [0, 0.05) is 13.0 Å². The highest BCUT2D eigenvalue weighted by atomic mass is 79.9. The number of hydrogen-bond donors (Lipinski definition) is 1. The summed E-state index contributed by atoms with van der Waals surface area (Å²) in [6.45, 7) is 2.05. The van der Waals surface area contributed by atoms with Crippen molar-refractivity contribution in [2.75, 3.05) is 26.9 Å². The number of fused-ring (bicyclic) bond motifs is 1. The van der Waals surface area contributed by atoms with E-state index in [1.165, 1.54) is 7.11 Å². The van der Waals surface area contributed by atoms with Crippen LogP contribution in [0.3, 0.4) is 0 Å². The number of carbonyl (C=O) groups excluding carboxylic acids is 1. The second-order valence-corrected chi connectivity index (χ2v) is 4.99. The zero-order valence-electron chi connectivity index (χ0n) is 10.7. The Balaban J connectivity index is 2.04. The Morgan fingerprint density at radius 3 is 3.00 bits per heavy atom. The summed E-state index contributed by atoms with van der Waals surface area (Å²) in [4.78, 5) is 11.0. The lowest BCUT2D eigenvalue weighted by molar-refractivity contribution is -0.139. The Hall–Kier alpha value is -1.27. The van der Waals surface area contributed by atoms with Gasteiger partial charge in [-0.3, -0.25) is 4.79 Å². The van der Waals surface area contributed by atoms with Crippen LogP contribution < -0.4 is 14.8 Å². The minimum Gasteiger partial charge on any atom is -0.490 e. The van der Waals surface area contributed by atoms with Crippen LogP contribution >= 0.6 is 15.9 Å². The molecule has 1 N–H and O–H groups in total. The van der Waals surface area contributed by atoms with Crippen LogP contribution in [0, 0.1) is 0 Å². The van der Waals surface area contributed by atoms with E-state index in [2.05, 4.69) is 26.0 Å². The first-order chi connectivity index (χ1) is 9.20. The van der Waals surface area contributed by atoms with E-state index >= 15 is 0 Å². The van der Waals surface area contributed by atoms with E-state index in [1.54, 1.807) is 0 Å². The van der Waals surface area contributed by atoms with Crippen LogP contribution in [0.5, 0.6) is 11.5 Å². The molecule has 0 spiro atoms. The first-order valence-electron chi connectivity index (χ1n) is 6.06. The first-order valence-corrected chi connectivity index (χ1v) is 6.85. The Kier molecular flexibility index (Phi) is 5.04. The number of methoxy groups -OCH3 is 1. The number of nitrogens with one attached hydrogen (secondary N) is 1. The van der Waals surface area contributed by atoms with E-state index < -0.39 is 0 Å². The SMILES string of the molecule is COC(=O)CNCc1cc(Br)c2c(c1)OCCCO2. The van der Waals surface area contributed by atoms with Crippen LogP contribution in [-0.2, 0) is 16.1 Å². The smallest absolute Gasteiger partial charge is 0.319 e. The number of halogens is 1. The molecule has 0 aromatic heterocycles. The minimum absolute atomic E-state index is 0.183. The van der Waals surface area contributed by atoms with Crippen LogP contribution in [0.4, 0.5) is 0 Å². The predicted octanol–water partition coefficient (Wildman–Crippen LogP) is 1.87. The summed E-state index contributed by atoms with van der Waals surface area (Å²) in [5.74, 6) is 1.20. The van der Waals surface area contributed by atoms with Crippen LogP contribution in [-0.4, -0.2) is 32.8 Å². The highest BCUT2D eigenvalue weighted by Crippen LogP contribution is 2.38. The molecule has 6 heteroatoms. The summed E-state index contributed by atoms with van der Waals surface area (Å²) in [5.41, 5.74) is 1.01. The second kappa shape index (κ2) is 6.77. The molecule has 1 aliphatic heterocycles. The minimum atomic E-state index is -0.284.